The largest absolute Gasteiger partial charge is 0.550 e. The molecule has 7 N–H and O–H groups in total. The molecule has 1 fully saturated rings. The Hall–Kier alpha value is -4.50. The molecule has 1 aliphatic carbocycles. The van der Waals surface area contributed by atoms with Crippen LogP contribution in [0.1, 0.15) is 56.6 Å². The van der Waals surface area contributed by atoms with Crippen LogP contribution in [0.3, 0.4) is 0 Å². The molecule has 1 aliphatic rings. The van der Waals surface area contributed by atoms with Crippen molar-refractivity contribution in [3.05, 3.63) is 71.8 Å². The number of ketones is 1. The summed E-state index contributed by atoms with van der Waals surface area (Å²) in [5.41, 5.74) is 14.8. The summed E-state index contributed by atoms with van der Waals surface area (Å²) in [6.07, 6.45) is -0.604. The predicted molar refractivity (Wildman–Crippen MR) is 155 cm³/mol. The van der Waals surface area contributed by atoms with Crippen molar-refractivity contribution in [2.75, 3.05) is 0 Å². The molecule has 0 spiro atoms. The molecule has 2 aromatic carbocycles. The predicted octanol–water partition coefficient (Wildman–Crippen LogP) is -3.21. The highest BCUT2D eigenvalue weighted by atomic mass is 16.6. The van der Waals surface area contributed by atoms with Crippen molar-refractivity contribution in [2.24, 2.45) is 22.6 Å². The summed E-state index contributed by atoms with van der Waals surface area (Å²) in [7, 11) is 0. The Balaban J connectivity index is 0.000000479. The van der Waals surface area contributed by atoms with E-state index in [0.717, 1.165) is 11.1 Å². The van der Waals surface area contributed by atoms with Crippen LogP contribution >= 0.6 is 0 Å². The highest BCUT2D eigenvalue weighted by Gasteiger charge is 2.62. The molecule has 0 heterocycles. The lowest BCUT2D eigenvalue weighted by Gasteiger charge is -2.41. The van der Waals surface area contributed by atoms with Gasteiger partial charge in [0.1, 0.15) is 17.2 Å². The van der Waals surface area contributed by atoms with Gasteiger partial charge in [0.2, 0.25) is 0 Å². The topological polar surface area (TPSA) is 279 Å². The van der Waals surface area contributed by atoms with E-state index in [1.54, 1.807) is 0 Å². The van der Waals surface area contributed by atoms with Gasteiger partial charge in [0.25, 0.3) is 0 Å². The number of benzene rings is 2. The number of carbonyl (C=O) groups excluding carboxylic acids is 6. The Labute approximate surface area is 265 Å². The second-order valence-electron chi connectivity index (χ2n) is 11.3. The zero-order valence-electron chi connectivity index (χ0n) is 25.3. The van der Waals surface area contributed by atoms with Gasteiger partial charge in [-0.25, -0.2) is 9.59 Å². The molecular formula is C32H38N3O11-3. The normalized spacial score (nSPS) is 20.4. The number of carbonyl (C=O) groups is 6. The van der Waals surface area contributed by atoms with Crippen molar-refractivity contribution in [1.29, 1.82) is 0 Å². The first-order chi connectivity index (χ1) is 21.5. The molecular weight excluding hydrogens is 602 g/mol. The fraction of sp³-hybridized carbons (Fsp3) is 0.438. The third kappa shape index (κ3) is 9.26. The highest BCUT2D eigenvalue weighted by Crippen LogP contribution is 2.49. The molecule has 0 radical (unpaired) electrons. The second kappa shape index (κ2) is 16.2. The van der Waals surface area contributed by atoms with E-state index in [-0.39, 0.29) is 18.6 Å². The van der Waals surface area contributed by atoms with Crippen LogP contribution in [0.4, 0.5) is 0 Å². The van der Waals surface area contributed by atoms with Crippen LogP contribution in [0.2, 0.25) is 0 Å². The van der Waals surface area contributed by atoms with Crippen LogP contribution in [0, 0.1) is 5.41 Å². The minimum atomic E-state index is -2.97. The van der Waals surface area contributed by atoms with Gasteiger partial charge in [-0.2, -0.15) is 0 Å². The summed E-state index contributed by atoms with van der Waals surface area (Å²) >= 11 is 0. The van der Waals surface area contributed by atoms with E-state index in [1.807, 2.05) is 67.6 Å². The number of Topliss-reactive ketones (excluding diaryl/α,β-unsaturated/α-hetero) is 1. The van der Waals surface area contributed by atoms with Crippen molar-refractivity contribution < 1.29 is 53.9 Å². The lowest BCUT2D eigenvalue weighted by atomic mass is 9.65. The van der Waals surface area contributed by atoms with Crippen molar-refractivity contribution in [3.8, 4) is 0 Å². The summed E-state index contributed by atoms with van der Waals surface area (Å²) in [6, 6.07) is 16.8. The molecule has 2 aromatic rings. The lowest BCUT2D eigenvalue weighted by molar-refractivity contribution is -0.339. The van der Waals surface area contributed by atoms with Crippen LogP contribution in [-0.4, -0.2) is 64.0 Å². The second-order valence-corrected chi connectivity index (χ2v) is 11.3. The maximum absolute atomic E-state index is 13.6. The maximum atomic E-state index is 13.6. The molecule has 4 atom stereocenters. The van der Waals surface area contributed by atoms with Crippen molar-refractivity contribution in [1.82, 2.24) is 0 Å². The molecule has 1 saturated carbocycles. The summed E-state index contributed by atoms with van der Waals surface area (Å²) in [4.78, 5) is 69.3. The molecule has 14 heteroatoms. The Morgan fingerprint density at radius 2 is 1.28 bits per heavy atom. The number of aliphatic hydroxyl groups is 1. The highest BCUT2D eigenvalue weighted by molar-refractivity contribution is 6.01. The third-order valence-corrected chi connectivity index (χ3v) is 8.15. The molecule has 14 nitrogen and oxygen atoms in total. The van der Waals surface area contributed by atoms with E-state index >= 15 is 0 Å². The molecule has 0 saturated heterocycles. The molecule has 0 aliphatic heterocycles. The first-order valence-corrected chi connectivity index (χ1v) is 14.5. The van der Waals surface area contributed by atoms with Gasteiger partial charge < -0.3 is 56.7 Å². The summed E-state index contributed by atoms with van der Waals surface area (Å²) in [6.45, 7) is 1.82. The van der Waals surface area contributed by atoms with E-state index in [4.69, 9.17) is 27.0 Å². The number of nitrogens with two attached hydrogens (primary N) is 3. The van der Waals surface area contributed by atoms with Crippen LogP contribution in [0.25, 0.3) is 0 Å². The van der Waals surface area contributed by atoms with Crippen LogP contribution < -0.4 is 32.5 Å². The molecule has 0 amide bonds. The van der Waals surface area contributed by atoms with Gasteiger partial charge in [0.05, 0.1) is 17.4 Å². The first kappa shape index (κ1) is 37.7. The number of ether oxygens (including phenoxy) is 1. The number of carboxylic acids is 3. The quantitative estimate of drug-likeness (QED) is 0.117. The molecule has 46 heavy (non-hydrogen) atoms. The number of esters is 2. The SMILES string of the molecule is CCC1(C(=O)C(N)Cc2ccccc2)CCCC1(N)C(=O)OC(=O)C(N)Cc1ccccc1.O=C([O-])CC(O)(CC(=O)[O-])C(=O)[O-]. The number of hydrogen-bond acceptors (Lipinski definition) is 14. The third-order valence-electron chi connectivity index (χ3n) is 8.15. The summed E-state index contributed by atoms with van der Waals surface area (Å²) in [5.74, 6) is -8.02. The first-order valence-electron chi connectivity index (χ1n) is 14.5. The van der Waals surface area contributed by atoms with E-state index in [9.17, 15) is 44.1 Å². The molecule has 250 valence electrons. The van der Waals surface area contributed by atoms with Gasteiger partial charge in [-0.1, -0.05) is 67.6 Å². The Morgan fingerprint density at radius 3 is 1.70 bits per heavy atom. The number of aliphatic carboxylic acids is 3. The average molecular weight is 641 g/mol. The van der Waals surface area contributed by atoms with Gasteiger partial charge in [-0.15, -0.1) is 0 Å². The van der Waals surface area contributed by atoms with E-state index < -0.39 is 71.3 Å². The van der Waals surface area contributed by atoms with Gasteiger partial charge in [0.15, 0.2) is 5.78 Å². The lowest BCUT2D eigenvalue weighted by Crippen LogP contribution is -2.64. The van der Waals surface area contributed by atoms with Crippen molar-refractivity contribution in [2.45, 2.75) is 81.5 Å². The standard InChI is InChI=1S/C26H33N3O4.C6H8O7/c1-2-25(22(30)20(27)16-18-10-5-3-6-11-18)14-9-15-26(25,29)24(32)33-23(31)21(28)17-19-12-7-4-8-13-19;7-3(8)1-6(13,5(11)12)2-4(9)10/h3-8,10-13,20-21H,2,9,14-17,27-29H2,1H3;13H,1-2H2,(H,7,8)(H,9,10)(H,11,12)/p-3. The van der Waals surface area contributed by atoms with Crippen molar-refractivity contribution >= 4 is 35.6 Å². The van der Waals surface area contributed by atoms with Gasteiger partial charge >= 0.3 is 11.9 Å². The summed E-state index contributed by atoms with van der Waals surface area (Å²) in [5, 5.41) is 38.9. The van der Waals surface area contributed by atoms with Gasteiger partial charge in [-0.05, 0) is 49.7 Å². The number of hydrogen-bond donors (Lipinski definition) is 4. The van der Waals surface area contributed by atoms with Crippen LogP contribution in [0.15, 0.2) is 60.7 Å². The van der Waals surface area contributed by atoms with Crippen LogP contribution in [0.5, 0.6) is 0 Å². The average Bonchev–Trinajstić information content (AvgIpc) is 3.35. The van der Waals surface area contributed by atoms with Crippen molar-refractivity contribution in [3.63, 3.8) is 0 Å². The van der Waals surface area contributed by atoms with Crippen LogP contribution in [-0.2, 0) is 46.3 Å². The van der Waals surface area contributed by atoms with Gasteiger partial charge in [-0.3, -0.25) is 4.79 Å². The Bertz CT molecular complexity index is 1390. The Kier molecular flexibility index (Phi) is 13.3. The van der Waals surface area contributed by atoms with E-state index in [1.165, 1.54) is 0 Å². The monoisotopic (exact) mass is 640 g/mol. The van der Waals surface area contributed by atoms with E-state index in [2.05, 4.69) is 0 Å². The number of rotatable bonds is 14. The Morgan fingerprint density at radius 1 is 0.826 bits per heavy atom. The molecule has 0 aromatic heterocycles. The number of carboxylic acid groups (broad SMARTS) is 3. The smallest absolute Gasteiger partial charge is 0.334 e. The van der Waals surface area contributed by atoms with E-state index in [0.29, 0.717) is 25.7 Å². The maximum Gasteiger partial charge on any atom is 0.334 e. The molecule has 0 bridgehead atoms. The van der Waals surface area contributed by atoms with Gasteiger partial charge in [0, 0.05) is 24.8 Å². The zero-order chi connectivity index (χ0) is 34.7. The molecule has 4 unspecified atom stereocenters. The zero-order valence-corrected chi connectivity index (χ0v) is 25.3. The minimum absolute atomic E-state index is 0.227. The fourth-order valence-corrected chi connectivity index (χ4v) is 5.65. The fourth-order valence-electron chi connectivity index (χ4n) is 5.65. The summed E-state index contributed by atoms with van der Waals surface area (Å²) < 4.78 is 5.16. The minimum Gasteiger partial charge on any atom is -0.550 e. The molecule has 3 rings (SSSR count).